The van der Waals surface area contributed by atoms with Crippen LogP contribution < -0.4 is 0 Å². The Morgan fingerprint density at radius 2 is 1.79 bits per heavy atom. The molecule has 0 saturated heterocycles. The molecule has 0 radical (unpaired) electrons. The summed E-state index contributed by atoms with van der Waals surface area (Å²) >= 11 is 5.70. The van der Waals surface area contributed by atoms with Gasteiger partial charge in [-0.2, -0.15) is 0 Å². The van der Waals surface area contributed by atoms with Crippen LogP contribution in [0.4, 0.5) is 4.39 Å². The van der Waals surface area contributed by atoms with Crippen molar-refractivity contribution in [3.63, 3.8) is 0 Å². The van der Waals surface area contributed by atoms with Crippen LogP contribution in [0.5, 0.6) is 0 Å². The molecule has 1 atom stereocenters. The third-order valence-electron chi connectivity index (χ3n) is 3.13. The van der Waals surface area contributed by atoms with E-state index in [1.807, 2.05) is 30.3 Å². The summed E-state index contributed by atoms with van der Waals surface area (Å²) in [4.78, 5) is 0. The van der Waals surface area contributed by atoms with E-state index in [9.17, 15) is 9.50 Å². The monoisotopic (exact) mass is 278 g/mol. The van der Waals surface area contributed by atoms with Gasteiger partial charge in [0.15, 0.2) is 0 Å². The molecule has 0 amide bonds. The first-order chi connectivity index (χ1) is 9.18. The summed E-state index contributed by atoms with van der Waals surface area (Å²) in [5, 5.41) is 10.1. The fraction of sp³-hybridized carbons (Fsp3) is 0.250. The minimum Gasteiger partial charge on any atom is -0.388 e. The minimum atomic E-state index is -0.803. The normalized spacial score (nSPS) is 12.4. The van der Waals surface area contributed by atoms with E-state index < -0.39 is 11.9 Å². The summed E-state index contributed by atoms with van der Waals surface area (Å²) in [7, 11) is 0. The van der Waals surface area contributed by atoms with Crippen LogP contribution in [-0.2, 0) is 6.42 Å². The Hall–Kier alpha value is -1.38. The van der Waals surface area contributed by atoms with Crippen molar-refractivity contribution in [3.8, 4) is 0 Å². The van der Waals surface area contributed by atoms with Crippen molar-refractivity contribution in [1.82, 2.24) is 0 Å². The van der Waals surface area contributed by atoms with Crippen LogP contribution in [-0.4, -0.2) is 5.11 Å². The number of aliphatic hydroxyl groups excluding tert-OH is 1. The van der Waals surface area contributed by atoms with Gasteiger partial charge in [-0.15, -0.1) is 0 Å². The van der Waals surface area contributed by atoms with Crippen LogP contribution in [0.2, 0.25) is 5.02 Å². The van der Waals surface area contributed by atoms with E-state index in [-0.39, 0.29) is 10.6 Å². The molecular formula is C16H16ClFO. The molecule has 0 heterocycles. The van der Waals surface area contributed by atoms with E-state index in [0.717, 1.165) is 12.8 Å². The van der Waals surface area contributed by atoms with E-state index in [0.29, 0.717) is 6.42 Å². The number of benzene rings is 2. The molecule has 2 rings (SSSR count). The summed E-state index contributed by atoms with van der Waals surface area (Å²) in [6, 6.07) is 14.8. The number of aliphatic hydroxyl groups is 1. The Morgan fingerprint density at radius 1 is 1.05 bits per heavy atom. The highest BCUT2D eigenvalue weighted by Gasteiger charge is 2.14. The number of hydrogen-bond donors (Lipinski definition) is 1. The highest BCUT2D eigenvalue weighted by atomic mass is 35.5. The molecule has 0 saturated carbocycles. The molecular weight excluding hydrogens is 263 g/mol. The molecule has 100 valence electrons. The molecule has 3 heteroatoms. The standard InChI is InChI=1S/C16H16ClFO/c17-14-10-5-9-13(16(14)18)15(19)11-4-8-12-6-2-1-3-7-12/h1-3,5-7,9-10,15,19H,4,8,11H2. The molecule has 0 fully saturated rings. The lowest BCUT2D eigenvalue weighted by atomic mass is 10.0. The summed E-state index contributed by atoms with van der Waals surface area (Å²) < 4.78 is 13.7. The van der Waals surface area contributed by atoms with Crippen molar-refractivity contribution in [2.24, 2.45) is 0 Å². The highest BCUT2D eigenvalue weighted by molar-refractivity contribution is 6.30. The number of hydrogen-bond acceptors (Lipinski definition) is 1. The molecule has 2 aromatic rings. The zero-order valence-electron chi connectivity index (χ0n) is 10.5. The number of rotatable bonds is 5. The average Bonchev–Trinajstić information content (AvgIpc) is 2.43. The van der Waals surface area contributed by atoms with Crippen molar-refractivity contribution in [3.05, 3.63) is 70.5 Å². The van der Waals surface area contributed by atoms with Gasteiger partial charge < -0.3 is 5.11 Å². The molecule has 0 aromatic heterocycles. The van der Waals surface area contributed by atoms with Gasteiger partial charge in [0, 0.05) is 5.56 Å². The SMILES string of the molecule is OC(CCCc1ccccc1)c1cccc(Cl)c1F. The van der Waals surface area contributed by atoms with Crippen LogP contribution in [0.1, 0.15) is 30.1 Å². The van der Waals surface area contributed by atoms with Gasteiger partial charge in [0.25, 0.3) is 0 Å². The number of aryl methyl sites for hydroxylation is 1. The zero-order chi connectivity index (χ0) is 13.7. The first kappa shape index (κ1) is 14.0. The molecule has 0 bridgehead atoms. The second-order valence-electron chi connectivity index (χ2n) is 4.54. The second kappa shape index (κ2) is 6.69. The summed E-state index contributed by atoms with van der Waals surface area (Å²) in [5.41, 5.74) is 1.50. The lowest BCUT2D eigenvalue weighted by Crippen LogP contribution is -2.02. The van der Waals surface area contributed by atoms with Crippen molar-refractivity contribution >= 4 is 11.6 Å². The molecule has 0 aliphatic rings. The van der Waals surface area contributed by atoms with Crippen LogP contribution in [0, 0.1) is 5.82 Å². The average molecular weight is 279 g/mol. The lowest BCUT2D eigenvalue weighted by molar-refractivity contribution is 0.160. The van der Waals surface area contributed by atoms with Gasteiger partial charge in [-0.05, 0) is 30.9 Å². The fourth-order valence-electron chi connectivity index (χ4n) is 2.08. The van der Waals surface area contributed by atoms with E-state index in [1.54, 1.807) is 12.1 Å². The van der Waals surface area contributed by atoms with Crippen LogP contribution in [0.25, 0.3) is 0 Å². The van der Waals surface area contributed by atoms with Crippen LogP contribution in [0.3, 0.4) is 0 Å². The molecule has 1 unspecified atom stereocenters. The summed E-state index contributed by atoms with van der Waals surface area (Å²) in [6.07, 6.45) is 1.39. The molecule has 19 heavy (non-hydrogen) atoms. The summed E-state index contributed by atoms with van der Waals surface area (Å²) in [6.45, 7) is 0. The maximum absolute atomic E-state index is 13.7. The predicted octanol–water partition coefficient (Wildman–Crippen LogP) is 4.54. The van der Waals surface area contributed by atoms with Crippen molar-refractivity contribution in [2.45, 2.75) is 25.4 Å². The largest absolute Gasteiger partial charge is 0.388 e. The summed E-state index contributed by atoms with van der Waals surface area (Å²) in [5.74, 6) is -0.517. The first-order valence-electron chi connectivity index (χ1n) is 6.34. The highest BCUT2D eigenvalue weighted by Crippen LogP contribution is 2.26. The van der Waals surface area contributed by atoms with Gasteiger partial charge in [-0.1, -0.05) is 54.1 Å². The van der Waals surface area contributed by atoms with Crippen LogP contribution >= 0.6 is 11.6 Å². The molecule has 0 spiro atoms. The molecule has 2 aromatic carbocycles. The smallest absolute Gasteiger partial charge is 0.147 e. The quantitative estimate of drug-likeness (QED) is 0.851. The van der Waals surface area contributed by atoms with Gasteiger partial charge in [-0.25, -0.2) is 4.39 Å². The third kappa shape index (κ3) is 3.79. The fourth-order valence-corrected chi connectivity index (χ4v) is 2.26. The second-order valence-corrected chi connectivity index (χ2v) is 4.94. The van der Waals surface area contributed by atoms with Gasteiger partial charge in [0.2, 0.25) is 0 Å². The van der Waals surface area contributed by atoms with Crippen molar-refractivity contribution in [2.75, 3.05) is 0 Å². The Labute approximate surface area is 117 Å². The lowest BCUT2D eigenvalue weighted by Gasteiger charge is -2.12. The molecule has 0 aliphatic heterocycles. The van der Waals surface area contributed by atoms with Crippen LogP contribution in [0.15, 0.2) is 48.5 Å². The maximum atomic E-state index is 13.7. The van der Waals surface area contributed by atoms with Gasteiger partial charge in [-0.3, -0.25) is 0 Å². The molecule has 0 aliphatic carbocycles. The van der Waals surface area contributed by atoms with E-state index >= 15 is 0 Å². The maximum Gasteiger partial charge on any atom is 0.147 e. The Kier molecular flexibility index (Phi) is 4.94. The van der Waals surface area contributed by atoms with Gasteiger partial charge >= 0.3 is 0 Å². The topological polar surface area (TPSA) is 20.2 Å². The Balaban J connectivity index is 1.91. The Morgan fingerprint density at radius 3 is 2.53 bits per heavy atom. The van der Waals surface area contributed by atoms with E-state index in [4.69, 9.17) is 11.6 Å². The Bertz CT molecular complexity index is 528. The van der Waals surface area contributed by atoms with Crippen molar-refractivity contribution < 1.29 is 9.50 Å². The predicted molar refractivity (Wildman–Crippen MR) is 75.7 cm³/mol. The third-order valence-corrected chi connectivity index (χ3v) is 3.42. The minimum absolute atomic E-state index is 0.0552. The number of halogens is 2. The first-order valence-corrected chi connectivity index (χ1v) is 6.72. The zero-order valence-corrected chi connectivity index (χ0v) is 11.3. The van der Waals surface area contributed by atoms with Gasteiger partial charge in [0.1, 0.15) is 5.82 Å². The van der Waals surface area contributed by atoms with E-state index in [2.05, 4.69) is 0 Å². The van der Waals surface area contributed by atoms with E-state index in [1.165, 1.54) is 11.6 Å². The molecule has 1 nitrogen and oxygen atoms in total. The van der Waals surface area contributed by atoms with Gasteiger partial charge in [0.05, 0.1) is 11.1 Å². The molecule has 1 N–H and O–H groups in total. The van der Waals surface area contributed by atoms with Crippen molar-refractivity contribution in [1.29, 1.82) is 0 Å².